The van der Waals surface area contributed by atoms with Crippen LogP contribution >= 0.6 is 11.6 Å². The molecule has 4 nitrogen and oxygen atoms in total. The molecule has 0 aliphatic heterocycles. The van der Waals surface area contributed by atoms with Gasteiger partial charge in [0, 0.05) is 16.5 Å². The van der Waals surface area contributed by atoms with Gasteiger partial charge in [0.25, 0.3) is 5.56 Å². The Morgan fingerprint density at radius 2 is 1.75 bits per heavy atom. The van der Waals surface area contributed by atoms with E-state index in [1.807, 2.05) is 12.1 Å². The number of fused-ring (bicyclic) bond motifs is 2. The number of hydrogen-bond acceptors (Lipinski definition) is 3. The molecule has 1 N–H and O–H groups in total. The fourth-order valence-corrected chi connectivity index (χ4v) is 2.92. The van der Waals surface area contributed by atoms with Crippen LogP contribution in [0.3, 0.4) is 0 Å². The first kappa shape index (κ1) is 11.4. The van der Waals surface area contributed by atoms with Crippen molar-refractivity contribution < 1.29 is 4.79 Å². The SMILES string of the molecule is O=C1c2ccccc2-c2n[nH]c(=O)c3ccc(Cl)c1c23. The van der Waals surface area contributed by atoms with Crippen molar-refractivity contribution in [2.24, 2.45) is 0 Å². The Balaban J connectivity index is 2.34. The fourth-order valence-electron chi connectivity index (χ4n) is 2.67. The second kappa shape index (κ2) is 3.77. The molecule has 1 aromatic heterocycles. The van der Waals surface area contributed by atoms with E-state index in [0.717, 1.165) is 0 Å². The lowest BCUT2D eigenvalue weighted by molar-refractivity contribution is 0.104. The number of carbonyl (C=O) groups is 1. The van der Waals surface area contributed by atoms with Gasteiger partial charge in [-0.25, -0.2) is 5.10 Å². The van der Waals surface area contributed by atoms with E-state index in [4.69, 9.17) is 11.6 Å². The van der Waals surface area contributed by atoms with Crippen LogP contribution < -0.4 is 5.56 Å². The van der Waals surface area contributed by atoms with Crippen LogP contribution in [0.2, 0.25) is 5.02 Å². The van der Waals surface area contributed by atoms with Crippen LogP contribution in [0.4, 0.5) is 0 Å². The van der Waals surface area contributed by atoms with Crippen molar-refractivity contribution in [3.8, 4) is 11.3 Å². The number of hydrogen-bond donors (Lipinski definition) is 1. The van der Waals surface area contributed by atoms with Crippen molar-refractivity contribution in [3.63, 3.8) is 0 Å². The van der Waals surface area contributed by atoms with Crippen LogP contribution in [0.5, 0.6) is 0 Å². The topological polar surface area (TPSA) is 62.8 Å². The van der Waals surface area contributed by atoms with E-state index in [2.05, 4.69) is 10.2 Å². The van der Waals surface area contributed by atoms with Crippen molar-refractivity contribution >= 4 is 28.2 Å². The van der Waals surface area contributed by atoms with Gasteiger partial charge in [-0.05, 0) is 12.1 Å². The number of H-pyrrole nitrogens is 1. The lowest BCUT2D eigenvalue weighted by Crippen LogP contribution is -2.17. The fraction of sp³-hybridized carbons (Fsp3) is 0. The number of rotatable bonds is 0. The molecule has 2 aromatic carbocycles. The number of nitrogens with zero attached hydrogens (tertiary/aromatic N) is 1. The first-order chi connectivity index (χ1) is 9.68. The molecule has 0 radical (unpaired) electrons. The molecule has 5 heteroatoms. The Morgan fingerprint density at radius 3 is 2.55 bits per heavy atom. The van der Waals surface area contributed by atoms with Gasteiger partial charge in [0.05, 0.1) is 16.0 Å². The van der Waals surface area contributed by atoms with Gasteiger partial charge in [-0.2, -0.15) is 5.10 Å². The van der Waals surface area contributed by atoms with Crippen molar-refractivity contribution in [2.75, 3.05) is 0 Å². The average molecular weight is 283 g/mol. The zero-order chi connectivity index (χ0) is 13.9. The zero-order valence-electron chi connectivity index (χ0n) is 10.1. The number of aromatic amines is 1. The second-order valence-electron chi connectivity index (χ2n) is 4.62. The van der Waals surface area contributed by atoms with Crippen molar-refractivity contribution in [1.82, 2.24) is 10.2 Å². The van der Waals surface area contributed by atoms with E-state index in [9.17, 15) is 9.59 Å². The van der Waals surface area contributed by atoms with E-state index in [1.54, 1.807) is 24.3 Å². The maximum Gasteiger partial charge on any atom is 0.272 e. The first-order valence-electron chi connectivity index (χ1n) is 6.03. The minimum Gasteiger partial charge on any atom is -0.289 e. The summed E-state index contributed by atoms with van der Waals surface area (Å²) in [6.45, 7) is 0. The highest BCUT2D eigenvalue weighted by molar-refractivity contribution is 6.39. The summed E-state index contributed by atoms with van der Waals surface area (Å²) in [6, 6.07) is 10.4. The van der Waals surface area contributed by atoms with E-state index < -0.39 is 0 Å². The van der Waals surface area contributed by atoms with Gasteiger partial charge < -0.3 is 0 Å². The van der Waals surface area contributed by atoms with Crippen LogP contribution in [0, 0.1) is 0 Å². The molecule has 0 unspecified atom stereocenters. The quantitative estimate of drug-likeness (QED) is 0.539. The third-order valence-electron chi connectivity index (χ3n) is 3.56. The van der Waals surface area contributed by atoms with Gasteiger partial charge >= 0.3 is 0 Å². The Kier molecular flexibility index (Phi) is 2.15. The van der Waals surface area contributed by atoms with Gasteiger partial charge in [-0.3, -0.25) is 9.59 Å². The van der Waals surface area contributed by atoms with Crippen LogP contribution in [-0.2, 0) is 0 Å². The molecular formula is C15H7ClN2O2. The molecule has 0 fully saturated rings. The number of benzene rings is 2. The molecule has 0 bridgehead atoms. The van der Waals surface area contributed by atoms with Gasteiger partial charge in [-0.1, -0.05) is 35.9 Å². The van der Waals surface area contributed by atoms with Crippen molar-refractivity contribution in [2.45, 2.75) is 0 Å². The van der Waals surface area contributed by atoms with E-state index in [0.29, 0.717) is 38.2 Å². The summed E-state index contributed by atoms with van der Waals surface area (Å²) in [6.07, 6.45) is 0. The summed E-state index contributed by atoms with van der Waals surface area (Å²) in [5.74, 6) is -0.170. The van der Waals surface area contributed by atoms with Gasteiger partial charge in [-0.15, -0.1) is 0 Å². The number of ketones is 1. The minimum atomic E-state index is -0.325. The maximum absolute atomic E-state index is 12.6. The third kappa shape index (κ3) is 1.29. The number of aromatic nitrogens is 2. The number of carbonyl (C=O) groups excluding carboxylic acids is 1. The predicted octanol–water partition coefficient (Wildman–Crippen LogP) is 2.79. The summed E-state index contributed by atoms with van der Waals surface area (Å²) in [5, 5.41) is 7.87. The van der Waals surface area contributed by atoms with Crippen molar-refractivity contribution in [1.29, 1.82) is 0 Å². The van der Waals surface area contributed by atoms with Crippen LogP contribution in [0.1, 0.15) is 15.9 Å². The van der Waals surface area contributed by atoms with Gasteiger partial charge in [0.15, 0.2) is 5.78 Å². The van der Waals surface area contributed by atoms with E-state index >= 15 is 0 Å². The molecule has 4 rings (SSSR count). The second-order valence-corrected chi connectivity index (χ2v) is 5.03. The molecule has 96 valence electrons. The predicted molar refractivity (Wildman–Crippen MR) is 76.2 cm³/mol. The molecule has 0 spiro atoms. The molecule has 0 saturated carbocycles. The Morgan fingerprint density at radius 1 is 1.00 bits per heavy atom. The molecule has 0 atom stereocenters. The highest BCUT2D eigenvalue weighted by Crippen LogP contribution is 2.39. The van der Waals surface area contributed by atoms with Crippen LogP contribution in [-0.4, -0.2) is 16.0 Å². The van der Waals surface area contributed by atoms with Crippen molar-refractivity contribution in [3.05, 3.63) is 62.9 Å². The van der Waals surface area contributed by atoms with Crippen LogP contribution in [0.15, 0.2) is 41.2 Å². The molecule has 1 aliphatic carbocycles. The summed E-state index contributed by atoms with van der Waals surface area (Å²) in [5.41, 5.74) is 1.89. The van der Waals surface area contributed by atoms with Gasteiger partial charge in [0.2, 0.25) is 0 Å². The van der Waals surface area contributed by atoms with Gasteiger partial charge in [0.1, 0.15) is 5.69 Å². The minimum absolute atomic E-state index is 0.170. The monoisotopic (exact) mass is 282 g/mol. The molecule has 20 heavy (non-hydrogen) atoms. The zero-order valence-corrected chi connectivity index (χ0v) is 10.9. The summed E-state index contributed by atoms with van der Waals surface area (Å²) in [4.78, 5) is 24.5. The Hall–Kier alpha value is -2.46. The maximum atomic E-state index is 12.6. The average Bonchev–Trinajstić information content (AvgIpc) is 2.47. The highest BCUT2D eigenvalue weighted by Gasteiger charge is 2.28. The molecule has 0 saturated heterocycles. The lowest BCUT2D eigenvalue weighted by atomic mass is 9.86. The highest BCUT2D eigenvalue weighted by atomic mass is 35.5. The Labute approximate surface area is 118 Å². The number of nitrogens with one attached hydrogen (secondary N) is 1. The van der Waals surface area contributed by atoms with E-state index in [1.165, 1.54) is 0 Å². The summed E-state index contributed by atoms with van der Waals surface area (Å²) in [7, 11) is 0. The summed E-state index contributed by atoms with van der Waals surface area (Å²) < 4.78 is 0. The summed E-state index contributed by atoms with van der Waals surface area (Å²) >= 11 is 6.16. The first-order valence-corrected chi connectivity index (χ1v) is 6.41. The normalized spacial score (nSPS) is 12.6. The molecule has 1 aliphatic rings. The lowest BCUT2D eigenvalue weighted by Gasteiger charge is -2.18. The largest absolute Gasteiger partial charge is 0.289 e. The third-order valence-corrected chi connectivity index (χ3v) is 3.87. The molecule has 1 heterocycles. The molecule has 0 amide bonds. The number of halogens is 1. The smallest absolute Gasteiger partial charge is 0.272 e. The molecular weight excluding hydrogens is 276 g/mol. The van der Waals surface area contributed by atoms with E-state index in [-0.39, 0.29) is 11.3 Å². The molecule has 3 aromatic rings. The standard InChI is InChI=1S/C15H7ClN2O2/c16-10-6-5-9-11-12(10)14(19)8-4-2-1-3-7(8)13(11)17-18-15(9)20/h1-6H,(H,18,20). The Bertz CT molecular complexity index is 960. The van der Waals surface area contributed by atoms with Crippen LogP contribution in [0.25, 0.3) is 22.0 Å².